The SMILES string of the molecule is CC(C)NCc1cnc(N(C)C(C)C(C)(C)C)s1. The summed E-state index contributed by atoms with van der Waals surface area (Å²) in [6.45, 7) is 14.3. The average Bonchev–Trinajstić information content (AvgIpc) is 2.71. The first-order valence-electron chi connectivity index (χ1n) is 6.62. The second kappa shape index (κ2) is 6.02. The molecule has 1 aromatic heterocycles. The quantitative estimate of drug-likeness (QED) is 0.886. The van der Waals surface area contributed by atoms with Crippen molar-refractivity contribution < 1.29 is 0 Å². The number of nitrogens with zero attached hydrogens (tertiary/aromatic N) is 2. The topological polar surface area (TPSA) is 28.2 Å². The van der Waals surface area contributed by atoms with E-state index in [0.717, 1.165) is 11.7 Å². The van der Waals surface area contributed by atoms with Crippen molar-refractivity contribution in [1.29, 1.82) is 0 Å². The summed E-state index contributed by atoms with van der Waals surface area (Å²) in [6.07, 6.45) is 1.99. The third-order valence-electron chi connectivity index (χ3n) is 3.36. The van der Waals surface area contributed by atoms with Gasteiger partial charge < -0.3 is 10.2 Å². The molecule has 0 fully saturated rings. The first-order chi connectivity index (χ1) is 8.21. The van der Waals surface area contributed by atoms with Crippen LogP contribution in [0, 0.1) is 5.41 Å². The van der Waals surface area contributed by atoms with Crippen molar-refractivity contribution >= 4 is 16.5 Å². The van der Waals surface area contributed by atoms with Crippen LogP contribution < -0.4 is 10.2 Å². The molecule has 0 aromatic carbocycles. The van der Waals surface area contributed by atoms with Crippen LogP contribution in [0.1, 0.15) is 46.4 Å². The Morgan fingerprint density at radius 3 is 2.44 bits per heavy atom. The molecule has 0 saturated carbocycles. The normalized spacial score (nSPS) is 14.0. The summed E-state index contributed by atoms with van der Waals surface area (Å²) in [7, 11) is 2.13. The zero-order valence-corrected chi connectivity index (χ0v) is 13.6. The summed E-state index contributed by atoms with van der Waals surface area (Å²) < 4.78 is 0. The highest BCUT2D eigenvalue weighted by atomic mass is 32.1. The van der Waals surface area contributed by atoms with E-state index in [-0.39, 0.29) is 5.41 Å². The van der Waals surface area contributed by atoms with Gasteiger partial charge in [0, 0.05) is 36.8 Å². The highest BCUT2D eigenvalue weighted by Gasteiger charge is 2.25. The lowest BCUT2D eigenvalue weighted by Crippen LogP contribution is -2.39. The Morgan fingerprint density at radius 1 is 1.33 bits per heavy atom. The third kappa shape index (κ3) is 4.25. The Morgan fingerprint density at radius 2 is 1.94 bits per heavy atom. The Balaban J connectivity index is 2.67. The van der Waals surface area contributed by atoms with Crippen molar-refractivity contribution in [2.45, 2.75) is 60.2 Å². The van der Waals surface area contributed by atoms with E-state index in [1.807, 2.05) is 6.20 Å². The number of hydrogen-bond donors (Lipinski definition) is 1. The fourth-order valence-corrected chi connectivity index (χ4v) is 2.50. The van der Waals surface area contributed by atoms with E-state index in [2.05, 4.69) is 63.8 Å². The minimum Gasteiger partial charge on any atom is -0.348 e. The Bertz CT molecular complexity index is 365. The maximum absolute atomic E-state index is 4.53. The zero-order chi connectivity index (χ0) is 13.9. The fourth-order valence-electron chi connectivity index (χ4n) is 1.59. The molecular weight excluding hydrogens is 242 g/mol. The molecule has 1 atom stereocenters. The van der Waals surface area contributed by atoms with E-state index >= 15 is 0 Å². The molecule has 0 aliphatic heterocycles. The number of hydrogen-bond acceptors (Lipinski definition) is 4. The Hall–Kier alpha value is -0.610. The summed E-state index contributed by atoms with van der Waals surface area (Å²) in [5, 5.41) is 4.53. The van der Waals surface area contributed by atoms with Gasteiger partial charge in [-0.05, 0) is 12.3 Å². The minimum absolute atomic E-state index is 0.261. The van der Waals surface area contributed by atoms with Crippen LogP contribution in [0.3, 0.4) is 0 Å². The van der Waals surface area contributed by atoms with Gasteiger partial charge in [-0.15, -0.1) is 11.3 Å². The van der Waals surface area contributed by atoms with Crippen LogP contribution in [-0.2, 0) is 6.54 Å². The molecule has 1 rings (SSSR count). The number of anilines is 1. The summed E-state index contributed by atoms with van der Waals surface area (Å²) in [5.74, 6) is 0. The molecule has 0 radical (unpaired) electrons. The number of thiazole rings is 1. The van der Waals surface area contributed by atoms with Crippen LogP contribution in [0.25, 0.3) is 0 Å². The minimum atomic E-state index is 0.261. The summed E-state index contributed by atoms with van der Waals surface area (Å²) in [6, 6.07) is 0.983. The lowest BCUT2D eigenvalue weighted by molar-refractivity contribution is 0.329. The molecule has 0 aliphatic carbocycles. The maximum Gasteiger partial charge on any atom is 0.185 e. The number of aromatic nitrogens is 1. The lowest BCUT2D eigenvalue weighted by atomic mass is 9.87. The van der Waals surface area contributed by atoms with E-state index in [1.54, 1.807) is 11.3 Å². The molecule has 1 heterocycles. The molecule has 1 N–H and O–H groups in total. The lowest BCUT2D eigenvalue weighted by Gasteiger charge is -2.35. The zero-order valence-electron chi connectivity index (χ0n) is 12.7. The van der Waals surface area contributed by atoms with Gasteiger partial charge in [-0.3, -0.25) is 0 Å². The third-order valence-corrected chi connectivity index (χ3v) is 4.45. The van der Waals surface area contributed by atoms with Gasteiger partial charge in [-0.2, -0.15) is 0 Å². The van der Waals surface area contributed by atoms with E-state index in [9.17, 15) is 0 Å². The van der Waals surface area contributed by atoms with Crippen molar-refractivity contribution in [3.05, 3.63) is 11.1 Å². The smallest absolute Gasteiger partial charge is 0.185 e. The van der Waals surface area contributed by atoms with Crippen molar-refractivity contribution in [3.8, 4) is 0 Å². The second-order valence-electron chi connectivity index (χ2n) is 6.30. The van der Waals surface area contributed by atoms with Crippen LogP contribution in [0.5, 0.6) is 0 Å². The molecule has 0 spiro atoms. The summed E-state index contributed by atoms with van der Waals surface area (Å²) in [5.41, 5.74) is 0.261. The van der Waals surface area contributed by atoms with Gasteiger partial charge in [-0.25, -0.2) is 4.98 Å². The second-order valence-corrected chi connectivity index (χ2v) is 7.39. The van der Waals surface area contributed by atoms with Crippen molar-refractivity contribution in [2.75, 3.05) is 11.9 Å². The largest absolute Gasteiger partial charge is 0.348 e. The van der Waals surface area contributed by atoms with Crippen molar-refractivity contribution in [2.24, 2.45) is 5.41 Å². The maximum atomic E-state index is 4.53. The molecule has 4 heteroatoms. The predicted molar refractivity (Wildman–Crippen MR) is 81.4 cm³/mol. The van der Waals surface area contributed by atoms with Crippen LogP contribution in [0.4, 0.5) is 5.13 Å². The van der Waals surface area contributed by atoms with Gasteiger partial charge in [0.2, 0.25) is 0 Å². The van der Waals surface area contributed by atoms with Gasteiger partial charge in [0.05, 0.1) is 0 Å². The molecule has 0 bridgehead atoms. The molecule has 0 saturated heterocycles. The molecule has 3 nitrogen and oxygen atoms in total. The average molecular weight is 269 g/mol. The van der Waals surface area contributed by atoms with E-state index in [4.69, 9.17) is 0 Å². The van der Waals surface area contributed by atoms with Gasteiger partial charge in [0.1, 0.15) is 0 Å². The molecule has 0 amide bonds. The highest BCUT2D eigenvalue weighted by molar-refractivity contribution is 7.15. The fraction of sp³-hybridized carbons (Fsp3) is 0.786. The van der Waals surface area contributed by atoms with Crippen molar-refractivity contribution in [3.63, 3.8) is 0 Å². The van der Waals surface area contributed by atoms with Crippen LogP contribution in [0.2, 0.25) is 0 Å². The van der Waals surface area contributed by atoms with E-state index in [1.165, 1.54) is 4.88 Å². The monoisotopic (exact) mass is 269 g/mol. The standard InChI is InChI=1S/C14H27N3S/c1-10(2)15-8-12-9-16-13(18-12)17(7)11(3)14(4,5)6/h9-11,15H,8H2,1-7H3. The molecule has 1 unspecified atom stereocenters. The highest BCUT2D eigenvalue weighted by Crippen LogP contribution is 2.29. The van der Waals surface area contributed by atoms with Gasteiger partial charge in [-0.1, -0.05) is 34.6 Å². The molecule has 0 aliphatic rings. The van der Waals surface area contributed by atoms with Crippen LogP contribution in [-0.4, -0.2) is 24.1 Å². The summed E-state index contributed by atoms with van der Waals surface area (Å²) >= 11 is 1.78. The van der Waals surface area contributed by atoms with E-state index < -0.39 is 0 Å². The molecule has 104 valence electrons. The van der Waals surface area contributed by atoms with E-state index in [0.29, 0.717) is 12.1 Å². The molecule has 18 heavy (non-hydrogen) atoms. The predicted octanol–water partition coefficient (Wildman–Crippen LogP) is 3.51. The number of rotatable bonds is 5. The summed E-state index contributed by atoms with van der Waals surface area (Å²) in [4.78, 5) is 8.11. The van der Waals surface area contributed by atoms with Gasteiger partial charge in [0.25, 0.3) is 0 Å². The van der Waals surface area contributed by atoms with Crippen LogP contribution >= 0.6 is 11.3 Å². The van der Waals surface area contributed by atoms with Crippen LogP contribution in [0.15, 0.2) is 6.20 Å². The van der Waals surface area contributed by atoms with Gasteiger partial charge in [0.15, 0.2) is 5.13 Å². The molecule has 1 aromatic rings. The van der Waals surface area contributed by atoms with Crippen molar-refractivity contribution in [1.82, 2.24) is 10.3 Å². The first kappa shape index (κ1) is 15.4. The Kier molecular flexibility index (Phi) is 5.17. The molecular formula is C14H27N3S. The first-order valence-corrected chi connectivity index (χ1v) is 7.44. The Labute approximate surface area is 116 Å². The number of nitrogens with one attached hydrogen (secondary N) is 1. The van der Waals surface area contributed by atoms with Gasteiger partial charge >= 0.3 is 0 Å².